The molecule has 1 aliphatic carbocycles. The van der Waals surface area contributed by atoms with Crippen LogP contribution in [0.15, 0.2) is 55.1 Å². The molecule has 3 rings (SSSR count). The molecule has 1 fully saturated rings. The lowest BCUT2D eigenvalue weighted by atomic mass is 9.99. The number of alkyl halides is 3. The summed E-state index contributed by atoms with van der Waals surface area (Å²) in [5.41, 5.74) is 5.33. The fraction of sp³-hybridized carbons (Fsp3) is 0.333. The summed E-state index contributed by atoms with van der Waals surface area (Å²) in [5, 5.41) is 9.19. The second-order valence-corrected chi connectivity index (χ2v) is 7.81. The van der Waals surface area contributed by atoms with Crippen LogP contribution in [0.1, 0.15) is 48.9 Å². The van der Waals surface area contributed by atoms with Gasteiger partial charge in [0.05, 0.1) is 23.2 Å². The van der Waals surface area contributed by atoms with Crippen molar-refractivity contribution in [3.8, 4) is 11.8 Å². The molecule has 2 N–H and O–H groups in total. The highest BCUT2D eigenvalue weighted by molar-refractivity contribution is 6.01. The number of amides is 1. The summed E-state index contributed by atoms with van der Waals surface area (Å²) < 4.78 is 45.3. The summed E-state index contributed by atoms with van der Waals surface area (Å²) in [6.07, 6.45) is -0.860. The molecule has 0 radical (unpaired) electrons. The minimum Gasteiger partial charge on any atom is -0.490 e. The second-order valence-electron chi connectivity index (χ2n) is 7.81. The van der Waals surface area contributed by atoms with Crippen molar-refractivity contribution in [3.05, 3.63) is 71.8 Å². The van der Waals surface area contributed by atoms with Gasteiger partial charge in [0.15, 0.2) is 0 Å². The maximum absolute atomic E-state index is 13.1. The Labute approximate surface area is 184 Å². The van der Waals surface area contributed by atoms with Crippen LogP contribution < -0.4 is 15.4 Å². The number of halogens is 3. The number of benzene rings is 2. The molecular weight excluding hydrogens is 419 g/mol. The van der Waals surface area contributed by atoms with Crippen molar-refractivity contribution in [2.75, 3.05) is 4.90 Å². The fourth-order valence-corrected chi connectivity index (χ4v) is 3.91. The van der Waals surface area contributed by atoms with Crippen LogP contribution in [0.25, 0.3) is 0 Å². The van der Waals surface area contributed by atoms with Gasteiger partial charge in [-0.3, -0.25) is 4.79 Å². The Morgan fingerprint density at radius 2 is 1.97 bits per heavy atom. The molecule has 0 heterocycles. The summed E-state index contributed by atoms with van der Waals surface area (Å²) >= 11 is 0. The molecular formula is C24H24F3N3O2. The number of anilines is 1. The zero-order valence-corrected chi connectivity index (χ0v) is 17.6. The Morgan fingerprint density at radius 3 is 2.50 bits per heavy atom. The first-order chi connectivity index (χ1) is 15.1. The van der Waals surface area contributed by atoms with Gasteiger partial charge in [-0.1, -0.05) is 12.6 Å². The molecule has 2 aromatic rings. The molecule has 0 aromatic heterocycles. The minimum absolute atomic E-state index is 0.0530. The van der Waals surface area contributed by atoms with Gasteiger partial charge in [-0.05, 0) is 74.2 Å². The van der Waals surface area contributed by atoms with Crippen LogP contribution in [-0.4, -0.2) is 18.1 Å². The van der Waals surface area contributed by atoms with Crippen molar-refractivity contribution in [2.24, 2.45) is 5.73 Å². The van der Waals surface area contributed by atoms with E-state index < -0.39 is 29.3 Å². The third kappa shape index (κ3) is 5.11. The van der Waals surface area contributed by atoms with Crippen molar-refractivity contribution in [3.63, 3.8) is 0 Å². The maximum Gasteiger partial charge on any atom is 0.417 e. The van der Waals surface area contributed by atoms with Crippen LogP contribution >= 0.6 is 0 Å². The Morgan fingerprint density at radius 1 is 1.28 bits per heavy atom. The maximum atomic E-state index is 13.1. The Bertz CT molecular complexity index is 1030. The van der Waals surface area contributed by atoms with Gasteiger partial charge in [0, 0.05) is 11.7 Å². The van der Waals surface area contributed by atoms with Crippen LogP contribution in [0.2, 0.25) is 0 Å². The molecule has 8 heteroatoms. The van der Waals surface area contributed by atoms with Gasteiger partial charge in [0.1, 0.15) is 11.9 Å². The van der Waals surface area contributed by atoms with E-state index in [0.717, 1.165) is 37.5 Å². The van der Waals surface area contributed by atoms with Gasteiger partial charge in [-0.25, -0.2) is 0 Å². The van der Waals surface area contributed by atoms with Crippen LogP contribution in [0.5, 0.6) is 5.75 Å². The SMILES string of the molecule is C=CC(=O)N(c1ccc(O[C@@H]2CC[C@@H](N)C2)cc1)[C@@H](C)c1ccc(C(F)(F)F)c(C#N)c1. The quantitative estimate of drug-likeness (QED) is 0.629. The predicted octanol–water partition coefficient (Wildman–Crippen LogP) is 5.12. The number of rotatable bonds is 6. The van der Waals surface area contributed by atoms with Crippen LogP contribution in [-0.2, 0) is 11.0 Å². The van der Waals surface area contributed by atoms with E-state index in [1.165, 1.54) is 11.0 Å². The van der Waals surface area contributed by atoms with E-state index in [-0.39, 0.29) is 12.1 Å². The van der Waals surface area contributed by atoms with Crippen LogP contribution in [0.3, 0.4) is 0 Å². The highest BCUT2D eigenvalue weighted by atomic mass is 19.4. The van der Waals surface area contributed by atoms with Crippen molar-refractivity contribution in [2.45, 2.75) is 50.6 Å². The van der Waals surface area contributed by atoms with Gasteiger partial charge < -0.3 is 15.4 Å². The van der Waals surface area contributed by atoms with Crippen molar-refractivity contribution >= 4 is 11.6 Å². The van der Waals surface area contributed by atoms with Gasteiger partial charge in [0.25, 0.3) is 5.91 Å². The van der Waals surface area contributed by atoms with Crippen molar-refractivity contribution in [1.29, 1.82) is 5.26 Å². The molecule has 0 unspecified atom stereocenters. The number of carbonyl (C=O) groups excluding carboxylic acids is 1. The summed E-state index contributed by atoms with van der Waals surface area (Å²) in [7, 11) is 0. The van der Waals surface area contributed by atoms with Gasteiger partial charge in [0.2, 0.25) is 0 Å². The van der Waals surface area contributed by atoms with E-state index in [1.54, 1.807) is 37.3 Å². The first kappa shape index (κ1) is 23.4. The summed E-state index contributed by atoms with van der Waals surface area (Å²) in [4.78, 5) is 14.0. The summed E-state index contributed by atoms with van der Waals surface area (Å²) in [6.45, 7) is 5.20. The topological polar surface area (TPSA) is 79.3 Å². The number of hydrogen-bond donors (Lipinski definition) is 1. The lowest BCUT2D eigenvalue weighted by molar-refractivity contribution is -0.137. The smallest absolute Gasteiger partial charge is 0.417 e. The first-order valence-corrected chi connectivity index (χ1v) is 10.2. The largest absolute Gasteiger partial charge is 0.490 e. The monoisotopic (exact) mass is 443 g/mol. The zero-order chi connectivity index (χ0) is 23.5. The van der Waals surface area contributed by atoms with E-state index in [2.05, 4.69) is 6.58 Å². The van der Waals surface area contributed by atoms with Gasteiger partial charge in [-0.2, -0.15) is 18.4 Å². The Balaban J connectivity index is 1.87. The molecule has 0 aliphatic heterocycles. The molecule has 1 saturated carbocycles. The van der Waals surface area contributed by atoms with Gasteiger partial charge in [-0.15, -0.1) is 0 Å². The number of nitriles is 1. The highest BCUT2D eigenvalue weighted by Crippen LogP contribution is 2.35. The average Bonchev–Trinajstić information content (AvgIpc) is 3.18. The van der Waals surface area contributed by atoms with E-state index >= 15 is 0 Å². The van der Waals surface area contributed by atoms with Crippen molar-refractivity contribution in [1.82, 2.24) is 0 Å². The minimum atomic E-state index is -4.64. The molecule has 0 spiro atoms. The van der Waals surface area contributed by atoms with Gasteiger partial charge >= 0.3 is 6.18 Å². The summed E-state index contributed by atoms with van der Waals surface area (Å²) in [6, 6.07) is 11.3. The number of ether oxygens (including phenoxy) is 1. The van der Waals surface area contributed by atoms with E-state index in [1.807, 2.05) is 0 Å². The van der Waals surface area contributed by atoms with E-state index in [4.69, 9.17) is 10.5 Å². The molecule has 2 aromatic carbocycles. The predicted molar refractivity (Wildman–Crippen MR) is 115 cm³/mol. The fourth-order valence-electron chi connectivity index (χ4n) is 3.91. The van der Waals surface area contributed by atoms with Crippen molar-refractivity contribution < 1.29 is 22.7 Å². The van der Waals surface area contributed by atoms with Crippen LogP contribution in [0, 0.1) is 11.3 Å². The normalized spacial score (nSPS) is 19.1. The van der Waals surface area contributed by atoms with E-state index in [0.29, 0.717) is 17.0 Å². The molecule has 0 saturated heterocycles. The molecule has 1 amide bonds. The molecule has 1 aliphatic rings. The second kappa shape index (κ2) is 9.45. The standard InChI is InChI=1S/C24H24F3N3O2/c1-3-23(31)30(15(2)16-4-11-22(24(25,26)27)17(12-16)14-28)19-6-9-20(10-7-19)32-21-8-5-18(29)13-21/h3-4,6-7,9-12,15,18,21H,1,5,8,13,29H2,2H3/t15-,18+,21+/m0/s1. The Kier molecular flexibility index (Phi) is 6.90. The third-order valence-corrected chi connectivity index (χ3v) is 5.59. The molecule has 3 atom stereocenters. The number of hydrogen-bond acceptors (Lipinski definition) is 4. The number of nitrogens with zero attached hydrogens (tertiary/aromatic N) is 2. The third-order valence-electron chi connectivity index (χ3n) is 5.59. The Hall–Kier alpha value is -3.31. The lowest BCUT2D eigenvalue weighted by Gasteiger charge is -2.29. The zero-order valence-electron chi connectivity index (χ0n) is 17.6. The molecule has 168 valence electrons. The number of nitrogens with two attached hydrogens (primary N) is 1. The molecule has 32 heavy (non-hydrogen) atoms. The first-order valence-electron chi connectivity index (χ1n) is 10.2. The van der Waals surface area contributed by atoms with E-state index in [9.17, 15) is 23.2 Å². The lowest BCUT2D eigenvalue weighted by Crippen LogP contribution is -2.32. The highest BCUT2D eigenvalue weighted by Gasteiger charge is 2.34. The van der Waals surface area contributed by atoms with Crippen LogP contribution in [0.4, 0.5) is 18.9 Å². The molecule has 5 nitrogen and oxygen atoms in total. The molecule has 0 bridgehead atoms. The summed E-state index contributed by atoms with van der Waals surface area (Å²) in [5.74, 6) is 0.221. The average molecular weight is 443 g/mol. The number of carbonyl (C=O) groups is 1.